The van der Waals surface area contributed by atoms with Gasteiger partial charge in [0.1, 0.15) is 12.4 Å². The number of nitrogens with one attached hydrogen (secondary N) is 2. The molecule has 4 nitrogen and oxygen atoms in total. The van der Waals surface area contributed by atoms with Crippen LogP contribution in [-0.2, 0) is 0 Å². The smallest absolute Gasteiger partial charge is 0.257 e. The van der Waals surface area contributed by atoms with E-state index in [4.69, 9.17) is 28.6 Å². The molecule has 23 heavy (non-hydrogen) atoms. The third kappa shape index (κ3) is 5.09. The van der Waals surface area contributed by atoms with Gasteiger partial charge in [0, 0.05) is 10.6 Å². The van der Waals surface area contributed by atoms with Gasteiger partial charge in [0.15, 0.2) is 5.11 Å². The number of rotatable bonds is 5. The summed E-state index contributed by atoms with van der Waals surface area (Å²) in [6.07, 6.45) is 1.65. The summed E-state index contributed by atoms with van der Waals surface area (Å²) in [5.41, 5.74) is 1.09. The van der Waals surface area contributed by atoms with Crippen LogP contribution in [0.25, 0.3) is 0 Å². The summed E-state index contributed by atoms with van der Waals surface area (Å²) in [6.45, 7) is 3.98. The first-order valence-electron chi connectivity index (χ1n) is 6.81. The lowest BCUT2D eigenvalue weighted by Gasteiger charge is -2.13. The molecule has 0 bridgehead atoms. The SMILES string of the molecule is C=CCOc1ccccc1NC(=S)NC(=O)c1cccc(Cl)c1. The average molecular weight is 347 g/mol. The van der Waals surface area contributed by atoms with Crippen LogP contribution in [0.3, 0.4) is 0 Å². The van der Waals surface area contributed by atoms with Crippen LogP contribution in [-0.4, -0.2) is 17.6 Å². The third-order valence-corrected chi connectivity index (χ3v) is 3.25. The van der Waals surface area contributed by atoms with E-state index in [0.717, 1.165) is 0 Å². The second-order valence-electron chi connectivity index (χ2n) is 4.51. The maximum atomic E-state index is 12.1. The maximum Gasteiger partial charge on any atom is 0.257 e. The zero-order valence-corrected chi connectivity index (χ0v) is 13.8. The van der Waals surface area contributed by atoms with Crippen molar-refractivity contribution in [2.75, 3.05) is 11.9 Å². The van der Waals surface area contributed by atoms with Gasteiger partial charge in [0.2, 0.25) is 0 Å². The fourth-order valence-corrected chi connectivity index (χ4v) is 2.20. The normalized spacial score (nSPS) is 9.78. The summed E-state index contributed by atoms with van der Waals surface area (Å²) in [7, 11) is 0. The Kier molecular flexibility index (Phi) is 6.14. The molecule has 1 amide bonds. The summed E-state index contributed by atoms with van der Waals surface area (Å²) >= 11 is 11.0. The third-order valence-electron chi connectivity index (χ3n) is 2.81. The Bertz CT molecular complexity index is 734. The van der Waals surface area contributed by atoms with Crippen molar-refractivity contribution < 1.29 is 9.53 Å². The van der Waals surface area contributed by atoms with Crippen LogP contribution in [0.2, 0.25) is 5.02 Å². The van der Waals surface area contributed by atoms with E-state index in [2.05, 4.69) is 17.2 Å². The zero-order valence-electron chi connectivity index (χ0n) is 12.2. The van der Waals surface area contributed by atoms with Crippen molar-refractivity contribution >= 4 is 40.5 Å². The highest BCUT2D eigenvalue weighted by Gasteiger charge is 2.10. The number of halogens is 1. The van der Waals surface area contributed by atoms with Gasteiger partial charge in [-0.1, -0.05) is 42.5 Å². The Morgan fingerprint density at radius 3 is 2.78 bits per heavy atom. The van der Waals surface area contributed by atoms with E-state index in [0.29, 0.717) is 28.6 Å². The van der Waals surface area contributed by atoms with E-state index >= 15 is 0 Å². The molecular formula is C17H15ClN2O2S. The standard InChI is InChI=1S/C17H15ClN2O2S/c1-2-10-22-15-9-4-3-8-14(15)19-17(23)20-16(21)12-6-5-7-13(18)11-12/h2-9,11H,1,10H2,(H2,19,20,21,23). The molecule has 0 spiro atoms. The summed E-state index contributed by atoms with van der Waals surface area (Å²) in [6, 6.07) is 13.9. The predicted molar refractivity (Wildman–Crippen MR) is 97.3 cm³/mol. The first-order valence-corrected chi connectivity index (χ1v) is 7.59. The first-order chi connectivity index (χ1) is 11.1. The van der Waals surface area contributed by atoms with E-state index in [1.165, 1.54) is 0 Å². The van der Waals surface area contributed by atoms with Gasteiger partial charge in [0.05, 0.1) is 5.69 Å². The van der Waals surface area contributed by atoms with Gasteiger partial charge < -0.3 is 10.1 Å². The molecule has 0 heterocycles. The van der Waals surface area contributed by atoms with Crippen LogP contribution < -0.4 is 15.4 Å². The van der Waals surface area contributed by atoms with Gasteiger partial charge in [-0.3, -0.25) is 10.1 Å². The quantitative estimate of drug-likeness (QED) is 0.634. The number of anilines is 1. The number of para-hydroxylation sites is 2. The van der Waals surface area contributed by atoms with Crippen LogP contribution in [0.15, 0.2) is 61.2 Å². The van der Waals surface area contributed by atoms with Crippen LogP contribution in [0.4, 0.5) is 5.69 Å². The molecular weight excluding hydrogens is 332 g/mol. The van der Waals surface area contributed by atoms with Crippen molar-refractivity contribution in [2.45, 2.75) is 0 Å². The second kappa shape index (κ2) is 8.31. The minimum atomic E-state index is -0.338. The summed E-state index contributed by atoms with van der Waals surface area (Å²) in [5, 5.41) is 6.20. The Morgan fingerprint density at radius 2 is 2.04 bits per heavy atom. The number of benzene rings is 2. The van der Waals surface area contributed by atoms with Gasteiger partial charge in [-0.05, 0) is 42.5 Å². The molecule has 0 saturated heterocycles. The molecule has 2 N–H and O–H groups in total. The molecule has 0 aliphatic heterocycles. The number of hydrogen-bond donors (Lipinski definition) is 2. The largest absolute Gasteiger partial charge is 0.487 e. The van der Waals surface area contributed by atoms with E-state index in [1.54, 1.807) is 42.5 Å². The van der Waals surface area contributed by atoms with Gasteiger partial charge >= 0.3 is 0 Å². The Labute approximate surface area is 145 Å². The number of thiocarbonyl (C=S) groups is 1. The molecule has 6 heteroatoms. The molecule has 0 fully saturated rings. The van der Waals surface area contributed by atoms with E-state index in [-0.39, 0.29) is 11.0 Å². The van der Waals surface area contributed by atoms with Crippen LogP contribution in [0.1, 0.15) is 10.4 Å². The Balaban J connectivity index is 2.02. The first kappa shape index (κ1) is 17.0. The topological polar surface area (TPSA) is 50.4 Å². The lowest BCUT2D eigenvalue weighted by molar-refractivity contribution is 0.0977. The minimum absolute atomic E-state index is 0.171. The predicted octanol–water partition coefficient (Wildman–Crippen LogP) is 4.03. The molecule has 0 atom stereocenters. The van der Waals surface area contributed by atoms with Crippen molar-refractivity contribution in [1.82, 2.24) is 5.32 Å². The highest BCUT2D eigenvalue weighted by atomic mass is 35.5. The molecule has 0 aliphatic carbocycles. The monoisotopic (exact) mass is 346 g/mol. The number of hydrogen-bond acceptors (Lipinski definition) is 3. The fourth-order valence-electron chi connectivity index (χ4n) is 1.80. The van der Waals surface area contributed by atoms with Gasteiger partial charge in [-0.25, -0.2) is 0 Å². The Hall–Kier alpha value is -2.37. The average Bonchev–Trinajstić information content (AvgIpc) is 2.54. The summed E-state index contributed by atoms with van der Waals surface area (Å²) in [5.74, 6) is 0.279. The molecule has 0 saturated carbocycles. The van der Waals surface area contributed by atoms with Crippen LogP contribution >= 0.6 is 23.8 Å². The molecule has 0 aromatic heterocycles. The second-order valence-corrected chi connectivity index (χ2v) is 5.36. The van der Waals surface area contributed by atoms with Crippen molar-refractivity contribution in [1.29, 1.82) is 0 Å². The van der Waals surface area contributed by atoms with E-state index in [1.807, 2.05) is 12.1 Å². The number of ether oxygens (including phenoxy) is 1. The van der Waals surface area contributed by atoms with Crippen molar-refractivity contribution in [3.05, 3.63) is 71.8 Å². The molecule has 0 aliphatic rings. The lowest BCUT2D eigenvalue weighted by atomic mass is 10.2. The highest BCUT2D eigenvalue weighted by molar-refractivity contribution is 7.80. The fraction of sp³-hybridized carbons (Fsp3) is 0.0588. The van der Waals surface area contributed by atoms with Gasteiger partial charge in [0.25, 0.3) is 5.91 Å². The molecule has 118 valence electrons. The van der Waals surface area contributed by atoms with Crippen molar-refractivity contribution in [3.63, 3.8) is 0 Å². The molecule has 0 unspecified atom stereocenters. The molecule has 2 aromatic carbocycles. The number of carbonyl (C=O) groups is 1. The molecule has 2 rings (SSSR count). The summed E-state index contributed by atoms with van der Waals surface area (Å²) in [4.78, 5) is 12.1. The Morgan fingerprint density at radius 1 is 1.26 bits per heavy atom. The van der Waals surface area contributed by atoms with Crippen LogP contribution in [0, 0.1) is 0 Å². The summed E-state index contributed by atoms with van der Waals surface area (Å²) < 4.78 is 5.52. The lowest BCUT2D eigenvalue weighted by Crippen LogP contribution is -2.34. The maximum absolute atomic E-state index is 12.1. The molecule has 2 aromatic rings. The minimum Gasteiger partial charge on any atom is -0.487 e. The number of carbonyl (C=O) groups excluding carboxylic acids is 1. The zero-order chi connectivity index (χ0) is 16.7. The van der Waals surface area contributed by atoms with Crippen molar-refractivity contribution in [2.24, 2.45) is 0 Å². The van der Waals surface area contributed by atoms with Crippen LogP contribution in [0.5, 0.6) is 5.75 Å². The highest BCUT2D eigenvalue weighted by Crippen LogP contribution is 2.23. The van der Waals surface area contributed by atoms with Crippen molar-refractivity contribution in [3.8, 4) is 5.75 Å². The van der Waals surface area contributed by atoms with E-state index in [9.17, 15) is 4.79 Å². The van der Waals surface area contributed by atoms with E-state index < -0.39 is 0 Å². The van der Waals surface area contributed by atoms with Gasteiger partial charge in [-0.2, -0.15) is 0 Å². The number of amides is 1. The van der Waals surface area contributed by atoms with Gasteiger partial charge in [-0.15, -0.1) is 0 Å². The molecule has 0 radical (unpaired) electrons.